The second-order valence-corrected chi connectivity index (χ2v) is 20.0. The summed E-state index contributed by atoms with van der Waals surface area (Å²) in [7, 11) is 7.80. The third kappa shape index (κ3) is 15.3. The molecular formula is C60H75N5O14. The summed E-state index contributed by atoms with van der Waals surface area (Å²) < 4.78 is 40.1. The molecule has 7 rings (SSSR count). The number of unbranched alkanes of at least 4 members (excludes halogenated alkanes) is 4. The summed E-state index contributed by atoms with van der Waals surface area (Å²) in [6.07, 6.45) is 7.63. The summed E-state index contributed by atoms with van der Waals surface area (Å²) in [6.45, 7) is 2.84. The molecule has 3 heterocycles. The van der Waals surface area contributed by atoms with Gasteiger partial charge in [-0.2, -0.15) is 0 Å². The lowest BCUT2D eigenvalue weighted by Crippen LogP contribution is -2.52. The van der Waals surface area contributed by atoms with Crippen LogP contribution in [0.1, 0.15) is 141 Å². The van der Waals surface area contributed by atoms with Gasteiger partial charge in [-0.15, -0.1) is 0 Å². The Balaban J connectivity index is 0.889. The summed E-state index contributed by atoms with van der Waals surface area (Å²) >= 11 is 0. The van der Waals surface area contributed by atoms with Gasteiger partial charge in [-0.1, -0.05) is 50.5 Å². The summed E-state index contributed by atoms with van der Waals surface area (Å²) in [6, 6.07) is 20.2. The van der Waals surface area contributed by atoms with Crippen molar-refractivity contribution in [3.05, 3.63) is 101 Å². The van der Waals surface area contributed by atoms with Crippen molar-refractivity contribution in [3.8, 4) is 34.5 Å². The van der Waals surface area contributed by atoms with Crippen LogP contribution < -0.4 is 44.4 Å². The lowest BCUT2D eigenvalue weighted by Gasteiger charge is -2.36. The monoisotopic (exact) mass is 1090 g/mol. The van der Waals surface area contributed by atoms with E-state index in [9.17, 15) is 33.6 Å². The van der Waals surface area contributed by atoms with Crippen molar-refractivity contribution in [2.24, 2.45) is 0 Å². The molecule has 0 aliphatic carbocycles. The van der Waals surface area contributed by atoms with Gasteiger partial charge in [-0.05, 0) is 129 Å². The van der Waals surface area contributed by atoms with Crippen LogP contribution in [-0.2, 0) is 46.5 Å². The Morgan fingerprint density at radius 3 is 2.20 bits per heavy atom. The Morgan fingerprint density at radius 2 is 1.48 bits per heavy atom. The smallest absolute Gasteiger partial charge is 0.329 e. The molecule has 0 bridgehead atoms. The average molecular weight is 1090 g/mol. The third-order valence-corrected chi connectivity index (χ3v) is 14.9. The number of hydrogen-bond acceptors (Lipinski definition) is 14. The van der Waals surface area contributed by atoms with Gasteiger partial charge in [-0.3, -0.25) is 34.1 Å². The van der Waals surface area contributed by atoms with E-state index in [4.69, 9.17) is 33.2 Å². The largest absolute Gasteiger partial charge is 0.493 e. The number of ether oxygens (including phenoxy) is 7. The highest BCUT2D eigenvalue weighted by atomic mass is 16.5. The Kier molecular flexibility index (Phi) is 21.4. The Morgan fingerprint density at radius 1 is 0.747 bits per heavy atom. The number of likely N-dealkylation sites (tertiary alicyclic amines) is 1. The van der Waals surface area contributed by atoms with Gasteiger partial charge in [0, 0.05) is 55.7 Å². The highest BCUT2D eigenvalue weighted by Crippen LogP contribution is 2.42. The number of nitrogens with one attached hydrogen (secondary N) is 3. The molecule has 19 heteroatoms. The molecule has 6 amide bonds. The van der Waals surface area contributed by atoms with Crippen LogP contribution >= 0.6 is 0 Å². The van der Waals surface area contributed by atoms with E-state index in [2.05, 4.69) is 16.0 Å². The Labute approximate surface area is 462 Å². The first kappa shape index (κ1) is 58.8. The topological polar surface area (TPSA) is 227 Å². The SMILES string of the molecule is CC[C@H](CC(=O)N1CCCC[C@H]1C(=O)O[C@H](CCc1ccc(OC)c(OC)c1)c1cccc(OCC(=O)NCCCCCCCC(=O)Nc2cccc3c2CN(C2CCC(=O)NC2=O)C3=O)c1)c1cc(OC)c(OC)c(OC)c1. The van der Waals surface area contributed by atoms with E-state index in [1.165, 1.54) is 4.90 Å². The van der Waals surface area contributed by atoms with Gasteiger partial charge in [0.2, 0.25) is 29.4 Å². The molecule has 79 heavy (non-hydrogen) atoms. The van der Waals surface area contributed by atoms with Crippen LogP contribution in [0.2, 0.25) is 0 Å². The Bertz CT molecular complexity index is 2790. The van der Waals surface area contributed by atoms with E-state index in [1.807, 2.05) is 43.3 Å². The van der Waals surface area contributed by atoms with Crippen LogP contribution in [0.4, 0.5) is 5.69 Å². The standard InChI is InChI=1S/C60H75N5O14/c1-7-39(41-33-51(75-4)57(77-6)52(34-41)76-5)35-56(69)64-30-14-12-21-47(64)60(72)79-48(26-23-38-24-27-49(73-2)50(31-38)74-3)40-17-15-18-42(32-40)78-37-55(68)61-29-13-10-8-9-11-22-53(66)62-45-20-16-19-43-44(45)36-65(59(43)71)46-25-28-54(67)63-58(46)70/h15-20,24,27,31-34,39,46-48H,7-14,21-23,25-26,28-30,35-37H2,1-6H3,(H,61,68)(H,62,66)(H,63,67,70)/t39-,46?,47+,48-/m1/s1. The first-order valence-electron chi connectivity index (χ1n) is 27.4. The van der Waals surface area contributed by atoms with Gasteiger partial charge in [0.1, 0.15) is 23.9 Å². The molecular weight excluding hydrogens is 1010 g/mol. The van der Waals surface area contributed by atoms with Crippen molar-refractivity contribution in [1.82, 2.24) is 20.4 Å². The van der Waals surface area contributed by atoms with Gasteiger partial charge in [0.05, 0.1) is 35.5 Å². The number of fused-ring (bicyclic) bond motifs is 1. The number of anilines is 1. The minimum atomic E-state index is -0.780. The molecule has 3 aliphatic heterocycles. The second kappa shape index (κ2) is 28.7. The molecule has 4 aromatic carbocycles. The highest BCUT2D eigenvalue weighted by Gasteiger charge is 2.40. The van der Waals surface area contributed by atoms with Crippen LogP contribution in [0, 0.1) is 0 Å². The number of aryl methyl sites for hydroxylation is 1. The Hall–Kier alpha value is -7.83. The predicted octanol–water partition coefficient (Wildman–Crippen LogP) is 8.15. The van der Waals surface area contributed by atoms with Crippen molar-refractivity contribution in [2.75, 3.05) is 60.6 Å². The molecule has 0 spiro atoms. The number of benzene rings is 4. The highest BCUT2D eigenvalue weighted by molar-refractivity contribution is 6.06. The normalized spacial score (nSPS) is 16.7. The molecule has 2 saturated heterocycles. The molecule has 3 N–H and O–H groups in total. The maximum absolute atomic E-state index is 14.4. The number of esters is 1. The fourth-order valence-electron chi connectivity index (χ4n) is 10.6. The van der Waals surface area contributed by atoms with Crippen molar-refractivity contribution in [2.45, 2.75) is 134 Å². The first-order chi connectivity index (χ1) is 38.3. The van der Waals surface area contributed by atoms with E-state index in [0.29, 0.717) is 108 Å². The number of carbonyl (C=O) groups is 7. The summed E-state index contributed by atoms with van der Waals surface area (Å²) in [5, 5.41) is 8.17. The second-order valence-electron chi connectivity index (χ2n) is 20.0. The van der Waals surface area contributed by atoms with Gasteiger partial charge >= 0.3 is 5.97 Å². The number of carbonyl (C=O) groups excluding carboxylic acids is 7. The fraction of sp³-hybridized carbons (Fsp3) is 0.483. The van der Waals surface area contributed by atoms with E-state index in [1.54, 1.807) is 76.8 Å². The molecule has 3 aliphatic rings. The van der Waals surface area contributed by atoms with Crippen molar-refractivity contribution in [3.63, 3.8) is 0 Å². The molecule has 4 aromatic rings. The van der Waals surface area contributed by atoms with Crippen LogP contribution in [0.15, 0.2) is 72.8 Å². The lowest BCUT2D eigenvalue weighted by atomic mass is 9.91. The summed E-state index contributed by atoms with van der Waals surface area (Å²) in [5.74, 6) is 0.637. The van der Waals surface area contributed by atoms with Crippen LogP contribution in [0.25, 0.3) is 0 Å². The molecule has 4 atom stereocenters. The van der Waals surface area contributed by atoms with E-state index in [-0.39, 0.29) is 67.9 Å². The third-order valence-electron chi connectivity index (χ3n) is 14.9. The molecule has 0 saturated carbocycles. The minimum absolute atomic E-state index is 0.145. The van der Waals surface area contributed by atoms with Gasteiger partial charge in [0.15, 0.2) is 29.6 Å². The van der Waals surface area contributed by atoms with Crippen molar-refractivity contribution in [1.29, 1.82) is 0 Å². The number of nitrogens with zero attached hydrogens (tertiary/aromatic N) is 2. The molecule has 19 nitrogen and oxygen atoms in total. The molecule has 2 fully saturated rings. The quantitative estimate of drug-likeness (QED) is 0.0277. The number of rotatable bonds is 28. The van der Waals surface area contributed by atoms with Crippen LogP contribution in [0.5, 0.6) is 34.5 Å². The van der Waals surface area contributed by atoms with E-state index < -0.39 is 30.1 Å². The molecule has 0 radical (unpaired) electrons. The van der Waals surface area contributed by atoms with Crippen molar-refractivity contribution >= 4 is 47.1 Å². The number of hydrogen-bond donors (Lipinski definition) is 3. The maximum atomic E-state index is 14.4. The lowest BCUT2D eigenvalue weighted by molar-refractivity contribution is -0.162. The number of imide groups is 1. The van der Waals surface area contributed by atoms with Crippen molar-refractivity contribution < 1.29 is 66.7 Å². The zero-order valence-electron chi connectivity index (χ0n) is 46.3. The van der Waals surface area contributed by atoms with Gasteiger partial charge in [-0.25, -0.2) is 4.79 Å². The van der Waals surface area contributed by atoms with Gasteiger partial charge in [0.25, 0.3) is 11.8 Å². The first-order valence-corrected chi connectivity index (χ1v) is 27.4. The summed E-state index contributed by atoms with van der Waals surface area (Å²) in [4.78, 5) is 95.0. The number of methoxy groups -OCH3 is 5. The summed E-state index contributed by atoms with van der Waals surface area (Å²) in [5.41, 5.74) is 4.10. The molecule has 0 aromatic heterocycles. The van der Waals surface area contributed by atoms with E-state index in [0.717, 1.165) is 49.7 Å². The number of amides is 6. The molecule has 424 valence electrons. The number of piperidine rings is 2. The molecule has 1 unspecified atom stereocenters. The minimum Gasteiger partial charge on any atom is -0.493 e. The van der Waals surface area contributed by atoms with Crippen LogP contribution in [0.3, 0.4) is 0 Å². The van der Waals surface area contributed by atoms with Gasteiger partial charge < -0.3 is 53.6 Å². The average Bonchev–Trinajstić information content (AvgIpc) is 3.82. The van der Waals surface area contributed by atoms with E-state index >= 15 is 0 Å². The fourth-order valence-corrected chi connectivity index (χ4v) is 10.6. The predicted molar refractivity (Wildman–Crippen MR) is 294 cm³/mol. The maximum Gasteiger partial charge on any atom is 0.329 e. The van der Waals surface area contributed by atoms with Crippen LogP contribution in [-0.4, -0.2) is 119 Å². The zero-order chi connectivity index (χ0) is 56.4. The zero-order valence-corrected chi connectivity index (χ0v) is 46.3.